The molecule has 0 aliphatic heterocycles. The molecule has 0 radical (unpaired) electrons. The summed E-state index contributed by atoms with van der Waals surface area (Å²) in [5, 5.41) is 21.7. The fourth-order valence-corrected chi connectivity index (χ4v) is 3.93. The number of hydrogen-bond donors (Lipinski definition) is 2. The van der Waals surface area contributed by atoms with Gasteiger partial charge in [-0.15, -0.1) is 0 Å². The highest BCUT2D eigenvalue weighted by Crippen LogP contribution is 2.49. The summed E-state index contributed by atoms with van der Waals surface area (Å²) in [6, 6.07) is 1.74. The first-order valence-electron chi connectivity index (χ1n) is 8.92. The second kappa shape index (κ2) is 8.11. The number of rotatable bonds is 6. The number of aryl methyl sites for hydroxylation is 1. The Kier molecular flexibility index (Phi) is 6.40. The van der Waals surface area contributed by atoms with Gasteiger partial charge in [0.2, 0.25) is 0 Å². The van der Waals surface area contributed by atoms with Gasteiger partial charge in [-0.3, -0.25) is 0 Å². The van der Waals surface area contributed by atoms with Crippen molar-refractivity contribution in [2.45, 2.75) is 65.2 Å². The lowest BCUT2D eigenvalue weighted by molar-refractivity contribution is 0.406. The number of benzene rings is 1. The number of hydrogen-bond acceptors (Lipinski definition) is 2. The monoisotopic (exact) mass is 348 g/mol. The molecule has 1 aromatic rings. The minimum atomic E-state index is -0.0709. The van der Waals surface area contributed by atoms with E-state index in [1.165, 1.54) is 5.57 Å². The van der Waals surface area contributed by atoms with Crippen molar-refractivity contribution >= 4 is 11.6 Å². The van der Waals surface area contributed by atoms with Crippen LogP contribution in [0.3, 0.4) is 0 Å². The lowest BCUT2D eigenvalue weighted by Gasteiger charge is -2.31. The maximum absolute atomic E-state index is 10.7. The van der Waals surface area contributed by atoms with Crippen LogP contribution in [0.1, 0.15) is 69.9 Å². The van der Waals surface area contributed by atoms with Crippen molar-refractivity contribution in [3.8, 4) is 11.5 Å². The van der Waals surface area contributed by atoms with Crippen LogP contribution in [0.5, 0.6) is 11.5 Å². The molecule has 1 aliphatic rings. The standard InChI is InChI=1S/C21H29ClO2/c1-5-6-7-8-15-12-18(23)19(21(24)20(15)22)17-11-14(4)9-10-16(17)13(2)3/h11-12,16-17,23-24H,2,5-10H2,1,3-4H3/t16-,17+/m0/s1. The van der Waals surface area contributed by atoms with E-state index in [4.69, 9.17) is 11.6 Å². The van der Waals surface area contributed by atoms with Crippen molar-refractivity contribution in [3.05, 3.63) is 46.0 Å². The van der Waals surface area contributed by atoms with Crippen LogP contribution < -0.4 is 0 Å². The lowest BCUT2D eigenvalue weighted by atomic mass is 9.73. The zero-order chi connectivity index (χ0) is 17.9. The van der Waals surface area contributed by atoms with Gasteiger partial charge in [-0.1, -0.05) is 55.2 Å². The number of phenols is 2. The minimum absolute atomic E-state index is 0.0327. The molecule has 0 aromatic heterocycles. The van der Waals surface area contributed by atoms with Crippen LogP contribution in [0.25, 0.3) is 0 Å². The summed E-state index contributed by atoms with van der Waals surface area (Å²) in [7, 11) is 0. The van der Waals surface area contributed by atoms with Crippen molar-refractivity contribution in [1.82, 2.24) is 0 Å². The Morgan fingerprint density at radius 1 is 1.33 bits per heavy atom. The number of unbranched alkanes of at least 4 members (excludes halogenated alkanes) is 2. The molecule has 0 saturated heterocycles. The van der Waals surface area contributed by atoms with Crippen molar-refractivity contribution in [2.24, 2.45) is 5.92 Å². The van der Waals surface area contributed by atoms with E-state index in [0.29, 0.717) is 10.6 Å². The Labute approximate surface area is 150 Å². The first kappa shape index (κ1) is 18.9. The summed E-state index contributed by atoms with van der Waals surface area (Å²) in [5.41, 5.74) is 3.73. The van der Waals surface area contributed by atoms with Crippen molar-refractivity contribution in [2.75, 3.05) is 0 Å². The minimum Gasteiger partial charge on any atom is -0.507 e. The summed E-state index contributed by atoms with van der Waals surface area (Å²) in [6.07, 6.45) is 8.17. The lowest BCUT2D eigenvalue weighted by Crippen LogP contribution is -2.17. The van der Waals surface area contributed by atoms with Crippen LogP contribution in [0, 0.1) is 5.92 Å². The molecule has 0 spiro atoms. The Morgan fingerprint density at radius 3 is 2.67 bits per heavy atom. The maximum atomic E-state index is 10.7. The van der Waals surface area contributed by atoms with Gasteiger partial charge >= 0.3 is 0 Å². The van der Waals surface area contributed by atoms with Gasteiger partial charge in [-0.05, 0) is 57.1 Å². The summed E-state index contributed by atoms with van der Waals surface area (Å²) in [6.45, 7) is 10.4. The van der Waals surface area contributed by atoms with E-state index in [-0.39, 0.29) is 23.3 Å². The normalized spacial score (nSPS) is 20.8. The van der Waals surface area contributed by atoms with Crippen molar-refractivity contribution in [3.63, 3.8) is 0 Å². The highest BCUT2D eigenvalue weighted by molar-refractivity contribution is 6.33. The molecule has 1 aromatic carbocycles. The average molecular weight is 349 g/mol. The number of aromatic hydroxyl groups is 2. The molecule has 2 rings (SSSR count). The third-order valence-electron chi connectivity index (χ3n) is 5.10. The molecule has 2 atom stereocenters. The van der Waals surface area contributed by atoms with E-state index in [2.05, 4.69) is 26.5 Å². The van der Waals surface area contributed by atoms with Crippen molar-refractivity contribution < 1.29 is 10.2 Å². The quantitative estimate of drug-likeness (QED) is 0.455. The SMILES string of the molecule is C=C(C)[C@@H]1CCC(C)=C[C@H]1c1c(O)cc(CCCCC)c(Cl)c1O. The Bertz CT molecular complexity index is 646. The summed E-state index contributed by atoms with van der Waals surface area (Å²) in [5.74, 6) is 0.321. The third kappa shape index (κ3) is 3.97. The average Bonchev–Trinajstić information content (AvgIpc) is 2.52. The van der Waals surface area contributed by atoms with Crippen molar-refractivity contribution in [1.29, 1.82) is 0 Å². The fraction of sp³-hybridized carbons (Fsp3) is 0.524. The maximum Gasteiger partial charge on any atom is 0.141 e. The largest absolute Gasteiger partial charge is 0.507 e. The Balaban J connectivity index is 2.44. The second-order valence-corrected chi connectivity index (χ2v) is 7.50. The van der Waals surface area contributed by atoms with E-state index in [1.54, 1.807) is 6.07 Å². The van der Waals surface area contributed by atoms with Crippen LogP contribution in [-0.2, 0) is 6.42 Å². The van der Waals surface area contributed by atoms with Crippen LogP contribution >= 0.6 is 11.6 Å². The molecule has 2 N–H and O–H groups in total. The summed E-state index contributed by atoms with van der Waals surface area (Å²) < 4.78 is 0. The van der Waals surface area contributed by atoms with Crippen LogP contribution in [0.4, 0.5) is 0 Å². The summed E-state index contributed by atoms with van der Waals surface area (Å²) in [4.78, 5) is 0. The van der Waals surface area contributed by atoms with Gasteiger partial charge in [0.15, 0.2) is 0 Å². The molecule has 2 nitrogen and oxygen atoms in total. The highest BCUT2D eigenvalue weighted by atomic mass is 35.5. The molecule has 0 unspecified atom stereocenters. The topological polar surface area (TPSA) is 40.5 Å². The molecular weight excluding hydrogens is 320 g/mol. The van der Waals surface area contributed by atoms with Gasteiger partial charge in [-0.2, -0.15) is 0 Å². The Hall–Kier alpha value is -1.41. The fourth-order valence-electron chi connectivity index (χ4n) is 3.68. The third-order valence-corrected chi connectivity index (χ3v) is 5.52. The first-order valence-corrected chi connectivity index (χ1v) is 9.30. The van der Waals surface area contributed by atoms with Gasteiger partial charge in [0, 0.05) is 11.5 Å². The van der Waals surface area contributed by atoms with E-state index < -0.39 is 0 Å². The second-order valence-electron chi connectivity index (χ2n) is 7.12. The molecule has 0 heterocycles. The predicted octanol–water partition coefficient (Wildman–Crippen LogP) is 6.50. The molecule has 0 saturated carbocycles. The highest BCUT2D eigenvalue weighted by Gasteiger charge is 2.31. The van der Waals surface area contributed by atoms with E-state index in [0.717, 1.165) is 49.7 Å². The van der Waals surface area contributed by atoms with E-state index in [1.807, 2.05) is 6.92 Å². The van der Waals surface area contributed by atoms with Crippen LogP contribution in [0.2, 0.25) is 5.02 Å². The van der Waals surface area contributed by atoms with Crippen LogP contribution in [-0.4, -0.2) is 10.2 Å². The van der Waals surface area contributed by atoms with Gasteiger partial charge in [0.1, 0.15) is 11.5 Å². The molecule has 0 bridgehead atoms. The van der Waals surface area contributed by atoms with Gasteiger partial charge in [0.05, 0.1) is 5.02 Å². The van der Waals surface area contributed by atoms with Gasteiger partial charge in [0.25, 0.3) is 0 Å². The zero-order valence-corrected chi connectivity index (χ0v) is 15.8. The molecule has 3 heteroatoms. The molecule has 0 amide bonds. The number of halogens is 1. The number of phenolic OH excluding ortho intramolecular Hbond substituents is 2. The summed E-state index contributed by atoms with van der Waals surface area (Å²) >= 11 is 6.43. The van der Waals surface area contributed by atoms with Gasteiger partial charge in [-0.25, -0.2) is 0 Å². The molecule has 24 heavy (non-hydrogen) atoms. The Morgan fingerprint density at radius 2 is 2.04 bits per heavy atom. The molecule has 1 aliphatic carbocycles. The van der Waals surface area contributed by atoms with E-state index >= 15 is 0 Å². The molecular formula is C21H29ClO2. The molecule has 132 valence electrons. The van der Waals surface area contributed by atoms with Gasteiger partial charge < -0.3 is 10.2 Å². The first-order chi connectivity index (χ1) is 11.4. The predicted molar refractivity (Wildman–Crippen MR) is 102 cm³/mol. The van der Waals surface area contributed by atoms with Crippen LogP contribution in [0.15, 0.2) is 29.9 Å². The molecule has 0 fully saturated rings. The zero-order valence-electron chi connectivity index (χ0n) is 15.0. The van der Waals surface area contributed by atoms with E-state index in [9.17, 15) is 10.2 Å². The number of allylic oxidation sites excluding steroid dienone is 3. The smallest absolute Gasteiger partial charge is 0.141 e.